The van der Waals surface area contributed by atoms with Gasteiger partial charge in [0.15, 0.2) is 0 Å². The predicted molar refractivity (Wildman–Crippen MR) is 72.2 cm³/mol. The lowest BCUT2D eigenvalue weighted by molar-refractivity contribution is -0.00368. The summed E-state index contributed by atoms with van der Waals surface area (Å²) in [5.74, 6) is 0.0791. The Morgan fingerprint density at radius 1 is 1.58 bits per heavy atom. The molecule has 1 aliphatic heterocycles. The second kappa shape index (κ2) is 5.14. The molecule has 3 heterocycles. The van der Waals surface area contributed by atoms with E-state index < -0.39 is 0 Å². The second-order valence-corrected chi connectivity index (χ2v) is 5.45. The number of aryl methyl sites for hydroxylation is 1. The van der Waals surface area contributed by atoms with Gasteiger partial charge in [-0.2, -0.15) is 5.10 Å². The zero-order chi connectivity index (χ0) is 13.2. The number of carbonyl (C=O) groups is 1. The predicted octanol–water partition coefficient (Wildman–Crippen LogP) is 1.99. The zero-order valence-electron chi connectivity index (χ0n) is 10.6. The number of nitrogens with one attached hydrogen (secondary N) is 1. The second-order valence-electron chi connectivity index (χ2n) is 4.53. The van der Waals surface area contributed by atoms with Crippen LogP contribution < -0.4 is 0 Å². The number of aromatic amines is 1. The van der Waals surface area contributed by atoms with Gasteiger partial charge in [-0.15, -0.1) is 11.3 Å². The molecule has 1 fully saturated rings. The lowest BCUT2D eigenvalue weighted by atomic mass is 10.1. The molecule has 6 heteroatoms. The topological polar surface area (TPSA) is 58.2 Å². The third kappa shape index (κ3) is 2.29. The summed E-state index contributed by atoms with van der Waals surface area (Å²) in [5, 5.41) is 8.84. The Balaban J connectivity index is 1.89. The summed E-state index contributed by atoms with van der Waals surface area (Å²) in [5.41, 5.74) is 1.95. The maximum Gasteiger partial charge on any atom is 0.264 e. The normalized spacial score (nSPS) is 19.6. The van der Waals surface area contributed by atoms with Crippen LogP contribution in [-0.4, -0.2) is 40.8 Å². The number of ether oxygens (including phenoxy) is 1. The molecule has 1 amide bonds. The molecule has 1 atom stereocenters. The summed E-state index contributed by atoms with van der Waals surface area (Å²) in [6, 6.07) is 3.79. The summed E-state index contributed by atoms with van der Waals surface area (Å²) >= 11 is 1.49. The van der Waals surface area contributed by atoms with Crippen LogP contribution in [0.3, 0.4) is 0 Å². The number of morpholine rings is 1. The molecule has 1 N–H and O–H groups in total. The zero-order valence-corrected chi connectivity index (χ0v) is 11.4. The molecule has 1 saturated heterocycles. The Kier molecular flexibility index (Phi) is 3.35. The number of aromatic nitrogens is 2. The van der Waals surface area contributed by atoms with Crippen molar-refractivity contribution in [2.24, 2.45) is 0 Å². The molecule has 0 unspecified atom stereocenters. The van der Waals surface area contributed by atoms with Crippen LogP contribution in [0.5, 0.6) is 0 Å². The van der Waals surface area contributed by atoms with Gasteiger partial charge in [0.25, 0.3) is 5.91 Å². The molecule has 3 rings (SSSR count). The number of hydrogen-bond donors (Lipinski definition) is 1. The molecular formula is C13H15N3O2S. The van der Waals surface area contributed by atoms with E-state index in [2.05, 4.69) is 10.2 Å². The van der Waals surface area contributed by atoms with E-state index in [0.717, 1.165) is 16.1 Å². The molecule has 2 aromatic rings. The molecule has 0 aliphatic carbocycles. The number of amides is 1. The van der Waals surface area contributed by atoms with E-state index in [4.69, 9.17) is 4.74 Å². The molecule has 0 bridgehead atoms. The lowest BCUT2D eigenvalue weighted by Gasteiger charge is -2.34. The van der Waals surface area contributed by atoms with Crippen LogP contribution in [0, 0.1) is 6.92 Å². The van der Waals surface area contributed by atoms with Crippen molar-refractivity contribution in [1.29, 1.82) is 0 Å². The van der Waals surface area contributed by atoms with E-state index in [1.165, 1.54) is 11.3 Å². The minimum atomic E-state index is -0.0785. The largest absolute Gasteiger partial charge is 0.377 e. The lowest BCUT2D eigenvalue weighted by Crippen LogP contribution is -2.43. The first-order chi connectivity index (χ1) is 9.27. The van der Waals surface area contributed by atoms with Crippen LogP contribution in [0.25, 0.3) is 0 Å². The molecule has 19 heavy (non-hydrogen) atoms. The van der Waals surface area contributed by atoms with E-state index >= 15 is 0 Å². The Bertz CT molecular complexity index is 564. The van der Waals surface area contributed by atoms with E-state index in [1.54, 1.807) is 6.20 Å². The SMILES string of the molecule is Cc1ccsc1C(=O)N1CCOC[C@H]1c1ccn[nH]1. The molecule has 0 spiro atoms. The van der Waals surface area contributed by atoms with Gasteiger partial charge in [0.05, 0.1) is 29.8 Å². The standard InChI is InChI=1S/C13H15N3O2S/c1-9-3-7-19-12(9)13(17)16-5-6-18-8-11(16)10-2-4-14-15-10/h2-4,7,11H,5-6,8H2,1H3,(H,14,15)/t11-/m0/s1. The maximum atomic E-state index is 12.6. The number of rotatable bonds is 2. The van der Waals surface area contributed by atoms with Crippen LogP contribution in [0.1, 0.15) is 27.0 Å². The summed E-state index contributed by atoms with van der Waals surface area (Å²) in [4.78, 5) is 15.3. The number of nitrogens with zero attached hydrogens (tertiary/aromatic N) is 2. The van der Waals surface area contributed by atoms with Crippen LogP contribution >= 0.6 is 11.3 Å². The molecule has 2 aromatic heterocycles. The van der Waals surface area contributed by atoms with Crippen LogP contribution in [-0.2, 0) is 4.74 Å². The van der Waals surface area contributed by atoms with Crippen molar-refractivity contribution in [2.75, 3.05) is 19.8 Å². The van der Waals surface area contributed by atoms with Gasteiger partial charge in [0, 0.05) is 12.7 Å². The van der Waals surface area contributed by atoms with Crippen molar-refractivity contribution < 1.29 is 9.53 Å². The van der Waals surface area contributed by atoms with Crippen LogP contribution in [0.15, 0.2) is 23.7 Å². The fraction of sp³-hybridized carbons (Fsp3) is 0.385. The van der Waals surface area contributed by atoms with E-state index in [-0.39, 0.29) is 11.9 Å². The molecule has 0 saturated carbocycles. The highest BCUT2D eigenvalue weighted by atomic mass is 32.1. The maximum absolute atomic E-state index is 12.6. The van der Waals surface area contributed by atoms with Gasteiger partial charge in [0.2, 0.25) is 0 Å². The minimum absolute atomic E-state index is 0.0785. The Morgan fingerprint density at radius 3 is 3.16 bits per heavy atom. The monoisotopic (exact) mass is 277 g/mol. The van der Waals surface area contributed by atoms with Crippen molar-refractivity contribution >= 4 is 17.2 Å². The van der Waals surface area contributed by atoms with Crippen molar-refractivity contribution in [3.63, 3.8) is 0 Å². The molecule has 1 aliphatic rings. The van der Waals surface area contributed by atoms with Crippen molar-refractivity contribution in [1.82, 2.24) is 15.1 Å². The van der Waals surface area contributed by atoms with Crippen molar-refractivity contribution in [3.8, 4) is 0 Å². The molecule has 100 valence electrons. The van der Waals surface area contributed by atoms with Gasteiger partial charge in [-0.05, 0) is 30.0 Å². The fourth-order valence-electron chi connectivity index (χ4n) is 2.28. The van der Waals surface area contributed by atoms with E-state index in [1.807, 2.05) is 29.3 Å². The number of carbonyl (C=O) groups excluding carboxylic acids is 1. The molecule has 5 nitrogen and oxygen atoms in total. The average molecular weight is 277 g/mol. The first-order valence-corrected chi connectivity index (χ1v) is 7.07. The Morgan fingerprint density at radius 2 is 2.47 bits per heavy atom. The summed E-state index contributed by atoms with van der Waals surface area (Å²) in [6.07, 6.45) is 1.70. The molecular weight excluding hydrogens is 262 g/mol. The van der Waals surface area contributed by atoms with Crippen molar-refractivity contribution in [3.05, 3.63) is 39.8 Å². The van der Waals surface area contributed by atoms with Gasteiger partial charge in [0.1, 0.15) is 0 Å². The Hall–Kier alpha value is -1.66. The van der Waals surface area contributed by atoms with E-state index in [9.17, 15) is 4.79 Å². The van der Waals surface area contributed by atoms with Gasteiger partial charge in [-0.1, -0.05) is 0 Å². The summed E-state index contributed by atoms with van der Waals surface area (Å²) in [7, 11) is 0. The van der Waals surface area contributed by atoms with Gasteiger partial charge < -0.3 is 9.64 Å². The first kappa shape index (κ1) is 12.4. The molecule has 0 aromatic carbocycles. The quantitative estimate of drug-likeness (QED) is 0.913. The molecule has 0 radical (unpaired) electrons. The number of H-pyrrole nitrogens is 1. The average Bonchev–Trinajstić information content (AvgIpc) is 3.09. The van der Waals surface area contributed by atoms with Gasteiger partial charge in [-0.25, -0.2) is 0 Å². The smallest absolute Gasteiger partial charge is 0.264 e. The third-order valence-corrected chi connectivity index (χ3v) is 4.33. The summed E-state index contributed by atoms with van der Waals surface area (Å²) < 4.78 is 5.50. The van der Waals surface area contributed by atoms with Gasteiger partial charge >= 0.3 is 0 Å². The first-order valence-electron chi connectivity index (χ1n) is 6.19. The fourth-order valence-corrected chi connectivity index (χ4v) is 3.16. The number of hydrogen-bond acceptors (Lipinski definition) is 4. The highest BCUT2D eigenvalue weighted by Crippen LogP contribution is 2.27. The summed E-state index contributed by atoms with van der Waals surface area (Å²) in [6.45, 7) is 3.68. The van der Waals surface area contributed by atoms with Crippen molar-refractivity contribution in [2.45, 2.75) is 13.0 Å². The highest BCUT2D eigenvalue weighted by Gasteiger charge is 2.31. The van der Waals surface area contributed by atoms with E-state index in [0.29, 0.717) is 19.8 Å². The van der Waals surface area contributed by atoms with Crippen LogP contribution in [0.4, 0.5) is 0 Å². The van der Waals surface area contributed by atoms with Crippen LogP contribution in [0.2, 0.25) is 0 Å². The Labute approximate surface area is 115 Å². The number of thiophene rings is 1. The highest BCUT2D eigenvalue weighted by molar-refractivity contribution is 7.12. The third-order valence-electron chi connectivity index (χ3n) is 3.33. The minimum Gasteiger partial charge on any atom is -0.377 e. The van der Waals surface area contributed by atoms with Gasteiger partial charge in [-0.3, -0.25) is 9.89 Å².